The first-order chi connectivity index (χ1) is 13.2. The number of rotatable bonds is 9. The Hall–Kier alpha value is -1.12. The minimum Gasteiger partial charge on any atom is -0.320 e. The highest BCUT2D eigenvalue weighted by atomic mass is 32.2. The SMILES string of the molecule is CNCCCCCC1CCC(N(C)S(=O)(=O)c2ccc(C(F)(F)F)cc2)CC1. The third-order valence-electron chi connectivity index (χ3n) is 5.73. The van der Waals surface area contributed by atoms with E-state index in [4.69, 9.17) is 0 Å². The first kappa shape index (κ1) is 23.2. The molecule has 0 unspecified atom stereocenters. The number of nitrogens with one attached hydrogen (secondary N) is 1. The molecule has 0 saturated heterocycles. The van der Waals surface area contributed by atoms with E-state index in [1.54, 1.807) is 0 Å². The van der Waals surface area contributed by atoms with Crippen LogP contribution in [0.25, 0.3) is 0 Å². The number of alkyl halides is 3. The van der Waals surface area contributed by atoms with Crippen LogP contribution in [-0.4, -0.2) is 39.4 Å². The molecule has 0 bridgehead atoms. The monoisotopic (exact) mass is 420 g/mol. The van der Waals surface area contributed by atoms with Gasteiger partial charge in [-0.15, -0.1) is 0 Å². The molecular formula is C20H31F3N2O2S. The van der Waals surface area contributed by atoms with Gasteiger partial charge in [0, 0.05) is 13.1 Å². The second-order valence-electron chi connectivity index (χ2n) is 7.67. The number of hydrogen-bond acceptors (Lipinski definition) is 3. The van der Waals surface area contributed by atoms with Crippen molar-refractivity contribution in [2.24, 2.45) is 5.92 Å². The standard InChI is InChI=1S/C20H31F3N2O2S/c1-24-15-5-3-4-6-16-7-11-18(12-8-16)25(2)28(26,27)19-13-9-17(10-14-19)20(21,22)23/h9-10,13-14,16,18,24H,3-8,11-12,15H2,1-2H3. The topological polar surface area (TPSA) is 49.4 Å². The van der Waals surface area contributed by atoms with Gasteiger partial charge in [-0.05, 0) is 75.9 Å². The lowest BCUT2D eigenvalue weighted by molar-refractivity contribution is -0.137. The van der Waals surface area contributed by atoms with Gasteiger partial charge >= 0.3 is 6.18 Å². The van der Waals surface area contributed by atoms with E-state index in [0.717, 1.165) is 56.5 Å². The summed E-state index contributed by atoms with van der Waals surface area (Å²) in [7, 11) is -0.294. The average molecular weight is 421 g/mol. The summed E-state index contributed by atoms with van der Waals surface area (Å²) >= 11 is 0. The van der Waals surface area contributed by atoms with Crippen molar-refractivity contribution >= 4 is 10.0 Å². The van der Waals surface area contributed by atoms with Crippen LogP contribution in [0.5, 0.6) is 0 Å². The molecule has 0 atom stereocenters. The smallest absolute Gasteiger partial charge is 0.320 e. The van der Waals surface area contributed by atoms with Crippen LogP contribution in [0.3, 0.4) is 0 Å². The summed E-state index contributed by atoms with van der Waals surface area (Å²) in [5.74, 6) is 0.646. The van der Waals surface area contributed by atoms with Crippen molar-refractivity contribution in [1.82, 2.24) is 9.62 Å². The zero-order valence-corrected chi connectivity index (χ0v) is 17.5. The van der Waals surface area contributed by atoms with Crippen LogP contribution < -0.4 is 5.32 Å². The zero-order valence-electron chi connectivity index (χ0n) is 16.6. The summed E-state index contributed by atoms with van der Waals surface area (Å²) in [6.45, 7) is 1.04. The molecule has 0 aliphatic heterocycles. The summed E-state index contributed by atoms with van der Waals surface area (Å²) in [4.78, 5) is -0.0883. The molecule has 0 aromatic heterocycles. The highest BCUT2D eigenvalue weighted by molar-refractivity contribution is 7.89. The Morgan fingerprint density at radius 3 is 2.18 bits per heavy atom. The first-order valence-electron chi connectivity index (χ1n) is 9.96. The van der Waals surface area contributed by atoms with Crippen molar-refractivity contribution in [2.75, 3.05) is 20.6 Å². The van der Waals surface area contributed by atoms with Crippen molar-refractivity contribution in [2.45, 2.75) is 68.5 Å². The Morgan fingerprint density at radius 2 is 1.64 bits per heavy atom. The predicted molar refractivity (Wildman–Crippen MR) is 105 cm³/mol. The van der Waals surface area contributed by atoms with Crippen LogP contribution in [0.4, 0.5) is 13.2 Å². The minimum absolute atomic E-state index is 0.0883. The number of benzene rings is 1. The second-order valence-corrected chi connectivity index (χ2v) is 9.67. The van der Waals surface area contributed by atoms with Crippen LogP contribution >= 0.6 is 0 Å². The molecule has 160 valence electrons. The molecule has 8 heteroatoms. The van der Waals surface area contributed by atoms with Gasteiger partial charge in [-0.25, -0.2) is 8.42 Å². The van der Waals surface area contributed by atoms with Gasteiger partial charge in [0.15, 0.2) is 0 Å². The van der Waals surface area contributed by atoms with Gasteiger partial charge in [0.25, 0.3) is 0 Å². The largest absolute Gasteiger partial charge is 0.416 e. The quantitative estimate of drug-likeness (QED) is 0.591. The van der Waals surface area contributed by atoms with Gasteiger partial charge in [0.2, 0.25) is 10.0 Å². The molecule has 1 aromatic carbocycles. The van der Waals surface area contributed by atoms with E-state index in [0.29, 0.717) is 5.92 Å². The van der Waals surface area contributed by atoms with Gasteiger partial charge in [0.05, 0.1) is 10.5 Å². The van der Waals surface area contributed by atoms with E-state index < -0.39 is 21.8 Å². The molecule has 0 spiro atoms. The molecule has 1 aliphatic carbocycles. The number of unbranched alkanes of at least 4 members (excludes halogenated alkanes) is 2. The highest BCUT2D eigenvalue weighted by Crippen LogP contribution is 2.34. The Kier molecular flexibility index (Phi) is 8.33. The highest BCUT2D eigenvalue weighted by Gasteiger charge is 2.33. The third-order valence-corrected chi connectivity index (χ3v) is 7.65. The summed E-state index contributed by atoms with van der Waals surface area (Å²) < 4.78 is 65.0. The van der Waals surface area contributed by atoms with Crippen molar-refractivity contribution in [3.8, 4) is 0 Å². The molecule has 28 heavy (non-hydrogen) atoms. The number of hydrogen-bond donors (Lipinski definition) is 1. The van der Waals surface area contributed by atoms with Crippen LogP contribution in [0, 0.1) is 5.92 Å². The minimum atomic E-state index is -4.47. The molecule has 1 fully saturated rings. The van der Waals surface area contributed by atoms with Gasteiger partial charge in [-0.1, -0.05) is 19.3 Å². The van der Waals surface area contributed by atoms with Crippen molar-refractivity contribution in [3.63, 3.8) is 0 Å². The Balaban J connectivity index is 1.89. The van der Waals surface area contributed by atoms with Gasteiger partial charge < -0.3 is 5.32 Å². The number of sulfonamides is 1. The lowest BCUT2D eigenvalue weighted by Crippen LogP contribution is -2.39. The van der Waals surface area contributed by atoms with E-state index in [1.165, 1.54) is 37.0 Å². The maximum atomic E-state index is 12.8. The second kappa shape index (κ2) is 10.1. The molecule has 1 saturated carbocycles. The molecule has 1 N–H and O–H groups in total. The van der Waals surface area contributed by atoms with Crippen LogP contribution in [-0.2, 0) is 16.2 Å². The van der Waals surface area contributed by atoms with Gasteiger partial charge in [0.1, 0.15) is 0 Å². The fourth-order valence-electron chi connectivity index (χ4n) is 3.89. The Labute approximate surface area is 166 Å². The average Bonchev–Trinajstić information content (AvgIpc) is 2.67. The molecule has 4 nitrogen and oxygen atoms in total. The van der Waals surface area contributed by atoms with Crippen LogP contribution in [0.2, 0.25) is 0 Å². The van der Waals surface area contributed by atoms with E-state index in [9.17, 15) is 21.6 Å². The fourth-order valence-corrected chi connectivity index (χ4v) is 5.30. The van der Waals surface area contributed by atoms with E-state index >= 15 is 0 Å². The summed E-state index contributed by atoms with van der Waals surface area (Å²) in [6.07, 6.45) is 3.92. The van der Waals surface area contributed by atoms with Gasteiger partial charge in [-0.2, -0.15) is 17.5 Å². The number of nitrogens with zero attached hydrogens (tertiary/aromatic N) is 1. The molecule has 0 radical (unpaired) electrons. The molecule has 1 aliphatic rings. The molecule has 1 aromatic rings. The van der Waals surface area contributed by atoms with E-state index in [2.05, 4.69) is 5.32 Å². The van der Waals surface area contributed by atoms with Crippen molar-refractivity contribution in [1.29, 1.82) is 0 Å². The zero-order chi connectivity index (χ0) is 20.8. The molecule has 0 amide bonds. The maximum Gasteiger partial charge on any atom is 0.416 e. The van der Waals surface area contributed by atoms with Gasteiger partial charge in [-0.3, -0.25) is 0 Å². The lowest BCUT2D eigenvalue weighted by Gasteiger charge is -2.34. The lowest BCUT2D eigenvalue weighted by atomic mass is 9.83. The van der Waals surface area contributed by atoms with Crippen LogP contribution in [0.1, 0.15) is 56.9 Å². The Morgan fingerprint density at radius 1 is 1.04 bits per heavy atom. The number of halogens is 3. The fraction of sp³-hybridized carbons (Fsp3) is 0.700. The van der Waals surface area contributed by atoms with E-state index in [-0.39, 0.29) is 10.9 Å². The first-order valence-corrected chi connectivity index (χ1v) is 11.4. The maximum absolute atomic E-state index is 12.8. The molecule has 2 rings (SSSR count). The summed E-state index contributed by atoms with van der Waals surface area (Å²) in [5.41, 5.74) is -0.843. The van der Waals surface area contributed by atoms with Crippen LogP contribution in [0.15, 0.2) is 29.2 Å². The van der Waals surface area contributed by atoms with Crippen molar-refractivity contribution in [3.05, 3.63) is 29.8 Å². The summed E-state index contributed by atoms with van der Waals surface area (Å²) in [5, 5.41) is 3.14. The van der Waals surface area contributed by atoms with Crippen molar-refractivity contribution < 1.29 is 21.6 Å². The normalized spacial score (nSPS) is 21.2. The third kappa shape index (κ3) is 6.19. The molecular weight excluding hydrogens is 389 g/mol. The molecule has 0 heterocycles. The Bertz CT molecular complexity index is 697. The van der Waals surface area contributed by atoms with E-state index in [1.807, 2.05) is 7.05 Å². The predicted octanol–water partition coefficient (Wildman–Crippen LogP) is 4.66. The summed E-state index contributed by atoms with van der Waals surface area (Å²) in [6, 6.07) is 3.65.